The van der Waals surface area contributed by atoms with Gasteiger partial charge in [-0.05, 0) is 6.42 Å². The molecule has 130 valence electrons. The number of hydrogen-bond acceptors (Lipinski definition) is 5. The topological polar surface area (TPSA) is 68.3 Å². The van der Waals surface area contributed by atoms with Crippen LogP contribution >= 0.6 is 0 Å². The zero-order valence-electron chi connectivity index (χ0n) is 13.4. The molecule has 1 aromatic carbocycles. The minimum Gasteiger partial charge on any atom is -0.481 e. The molecule has 1 fully saturated rings. The number of rotatable bonds is 3. The molecule has 1 aromatic rings. The van der Waals surface area contributed by atoms with Crippen LogP contribution in [0.2, 0.25) is 0 Å². The molecule has 3 rings (SSSR count). The second-order valence-electron chi connectivity index (χ2n) is 5.55. The molecular weight excluding hydrogens is 319 g/mol. The number of halogens is 1. The maximum atomic E-state index is 14.2. The first-order valence-corrected chi connectivity index (χ1v) is 7.91. The van der Waals surface area contributed by atoms with Crippen LogP contribution < -0.4 is 14.4 Å². The van der Waals surface area contributed by atoms with Crippen molar-refractivity contribution in [3.63, 3.8) is 0 Å². The fraction of sp³-hybridized carbons (Fsp3) is 0.500. The Bertz CT molecular complexity index is 646. The first-order chi connectivity index (χ1) is 11.6. The average Bonchev–Trinajstić information content (AvgIpc) is 2.59. The molecule has 1 saturated heterocycles. The maximum Gasteiger partial charge on any atom is 0.415 e. The average molecular weight is 338 g/mol. The normalized spacial score (nSPS) is 17.3. The number of nitrogens with zero attached hydrogens (tertiary/aromatic N) is 2. The van der Waals surface area contributed by atoms with Crippen LogP contribution in [0.3, 0.4) is 0 Å². The first kappa shape index (κ1) is 16.5. The number of ether oxygens (including phenoxy) is 3. The number of benzene rings is 1. The number of amides is 2. The molecule has 2 amide bonds. The van der Waals surface area contributed by atoms with Gasteiger partial charge in [0.2, 0.25) is 0 Å². The molecule has 2 aliphatic rings. The van der Waals surface area contributed by atoms with Gasteiger partial charge in [-0.3, -0.25) is 4.79 Å². The van der Waals surface area contributed by atoms with E-state index >= 15 is 0 Å². The maximum absolute atomic E-state index is 14.2. The van der Waals surface area contributed by atoms with Crippen molar-refractivity contribution < 1.29 is 28.2 Å². The van der Waals surface area contributed by atoms with Crippen LogP contribution in [0.1, 0.15) is 13.3 Å². The molecule has 0 bridgehead atoms. The van der Waals surface area contributed by atoms with Gasteiger partial charge in [-0.25, -0.2) is 9.18 Å². The summed E-state index contributed by atoms with van der Waals surface area (Å²) in [5.74, 6) is -0.862. The summed E-state index contributed by atoms with van der Waals surface area (Å²) >= 11 is 0. The molecule has 2 aliphatic heterocycles. The highest BCUT2D eigenvalue weighted by Gasteiger charge is 2.28. The molecule has 0 unspecified atom stereocenters. The summed E-state index contributed by atoms with van der Waals surface area (Å²) < 4.78 is 29.8. The summed E-state index contributed by atoms with van der Waals surface area (Å²) in [5.41, 5.74) is 0.416. The van der Waals surface area contributed by atoms with E-state index in [9.17, 15) is 14.0 Å². The molecule has 0 aromatic heterocycles. The number of anilines is 1. The highest BCUT2D eigenvalue weighted by atomic mass is 19.1. The second kappa shape index (κ2) is 7.04. The van der Waals surface area contributed by atoms with E-state index in [2.05, 4.69) is 0 Å². The van der Waals surface area contributed by atoms with Gasteiger partial charge in [0, 0.05) is 31.8 Å². The number of carbonyl (C=O) groups excluding carboxylic acids is 2. The summed E-state index contributed by atoms with van der Waals surface area (Å²) in [6.45, 7) is 3.94. The molecule has 0 N–H and O–H groups in total. The Labute approximate surface area is 138 Å². The van der Waals surface area contributed by atoms with Gasteiger partial charge in [0.05, 0.1) is 18.9 Å². The molecule has 0 aliphatic carbocycles. The summed E-state index contributed by atoms with van der Waals surface area (Å²) in [7, 11) is 0. The van der Waals surface area contributed by atoms with Gasteiger partial charge in [0.1, 0.15) is 5.75 Å². The lowest BCUT2D eigenvalue weighted by atomic mass is 10.2. The van der Waals surface area contributed by atoms with Crippen LogP contribution in [-0.4, -0.2) is 56.4 Å². The van der Waals surface area contributed by atoms with E-state index in [1.54, 1.807) is 0 Å². The van der Waals surface area contributed by atoms with Crippen molar-refractivity contribution in [3.05, 3.63) is 17.9 Å². The molecule has 8 heteroatoms. The number of hydrogen-bond donors (Lipinski definition) is 0. The fourth-order valence-electron chi connectivity index (χ4n) is 2.65. The van der Waals surface area contributed by atoms with Gasteiger partial charge in [0.15, 0.2) is 18.2 Å². The molecule has 0 radical (unpaired) electrons. The summed E-state index contributed by atoms with van der Waals surface area (Å²) in [6, 6.07) is 2.49. The molecule has 7 nitrogen and oxygen atoms in total. The van der Waals surface area contributed by atoms with E-state index in [0.717, 1.165) is 12.5 Å². The molecule has 0 atom stereocenters. The number of carbonyl (C=O) groups is 2. The largest absolute Gasteiger partial charge is 0.481 e. The van der Waals surface area contributed by atoms with E-state index in [0.29, 0.717) is 38.5 Å². The molecular formula is C16H19FN2O5. The lowest BCUT2D eigenvalue weighted by molar-refractivity contribution is -0.121. The summed E-state index contributed by atoms with van der Waals surface area (Å²) in [6.07, 6.45) is 0.105. The Balaban J connectivity index is 1.83. The number of fused-ring (bicyclic) bond motifs is 1. The summed E-state index contributed by atoms with van der Waals surface area (Å²) in [4.78, 5) is 27.1. The minimum atomic E-state index is -0.707. The second-order valence-corrected chi connectivity index (χ2v) is 5.55. The predicted molar refractivity (Wildman–Crippen MR) is 83.0 cm³/mol. The van der Waals surface area contributed by atoms with Crippen molar-refractivity contribution in [2.45, 2.75) is 13.3 Å². The van der Waals surface area contributed by atoms with Gasteiger partial charge in [-0.2, -0.15) is 0 Å². The van der Waals surface area contributed by atoms with Gasteiger partial charge in [-0.1, -0.05) is 6.92 Å². The fourth-order valence-corrected chi connectivity index (χ4v) is 2.65. The zero-order valence-corrected chi connectivity index (χ0v) is 13.4. The van der Waals surface area contributed by atoms with E-state index in [4.69, 9.17) is 14.2 Å². The smallest absolute Gasteiger partial charge is 0.415 e. The van der Waals surface area contributed by atoms with Crippen LogP contribution in [0, 0.1) is 5.82 Å². The van der Waals surface area contributed by atoms with Crippen molar-refractivity contribution in [2.75, 3.05) is 44.4 Å². The quantitative estimate of drug-likeness (QED) is 0.840. The van der Waals surface area contributed by atoms with Crippen molar-refractivity contribution in [1.29, 1.82) is 0 Å². The number of morpholine rings is 1. The monoisotopic (exact) mass is 338 g/mol. The van der Waals surface area contributed by atoms with E-state index in [1.165, 1.54) is 15.9 Å². The molecule has 0 saturated carbocycles. The molecule has 0 spiro atoms. The van der Waals surface area contributed by atoms with Gasteiger partial charge in [-0.15, -0.1) is 0 Å². The highest BCUT2D eigenvalue weighted by molar-refractivity contribution is 5.98. The Morgan fingerprint density at radius 1 is 1.33 bits per heavy atom. The van der Waals surface area contributed by atoms with Crippen molar-refractivity contribution >= 4 is 17.7 Å². The highest BCUT2D eigenvalue weighted by Crippen LogP contribution is 2.37. The van der Waals surface area contributed by atoms with E-state index in [-0.39, 0.29) is 24.0 Å². The Morgan fingerprint density at radius 3 is 2.79 bits per heavy atom. The van der Waals surface area contributed by atoms with E-state index < -0.39 is 11.9 Å². The van der Waals surface area contributed by atoms with Gasteiger partial charge >= 0.3 is 6.09 Å². The van der Waals surface area contributed by atoms with Gasteiger partial charge < -0.3 is 24.0 Å². The van der Waals surface area contributed by atoms with Crippen molar-refractivity contribution in [2.24, 2.45) is 0 Å². The lowest BCUT2D eigenvalue weighted by Gasteiger charge is -2.30. The minimum absolute atomic E-state index is 0.126. The van der Waals surface area contributed by atoms with Crippen molar-refractivity contribution in [1.82, 2.24) is 4.90 Å². The summed E-state index contributed by atoms with van der Waals surface area (Å²) in [5, 5.41) is 0. The third kappa shape index (κ3) is 3.28. The lowest BCUT2D eigenvalue weighted by Crippen LogP contribution is -2.42. The Kier molecular flexibility index (Phi) is 4.84. The van der Waals surface area contributed by atoms with E-state index in [1.807, 2.05) is 6.92 Å². The van der Waals surface area contributed by atoms with Crippen LogP contribution in [0.15, 0.2) is 12.1 Å². The Hall–Kier alpha value is -2.35. The van der Waals surface area contributed by atoms with Gasteiger partial charge in [0.25, 0.3) is 5.91 Å². The standard InChI is InChI=1S/C16H19FN2O5/c1-2-3-19-12-9-13(11(17)8-14(12)23-10-15(19)20)24-16(21)18-4-6-22-7-5-18/h8-9H,2-7,10H2,1H3. The van der Waals surface area contributed by atoms with Crippen LogP contribution in [0.4, 0.5) is 14.9 Å². The van der Waals surface area contributed by atoms with Crippen LogP contribution in [-0.2, 0) is 9.53 Å². The first-order valence-electron chi connectivity index (χ1n) is 7.91. The SMILES string of the molecule is CCCN1C(=O)COc2cc(F)c(OC(=O)N3CCOCC3)cc21. The third-order valence-corrected chi connectivity index (χ3v) is 3.87. The zero-order chi connectivity index (χ0) is 17.1. The third-order valence-electron chi connectivity index (χ3n) is 3.87. The molecule has 2 heterocycles. The molecule has 24 heavy (non-hydrogen) atoms. The predicted octanol–water partition coefficient (Wildman–Crippen LogP) is 1.79. The van der Waals surface area contributed by atoms with Crippen LogP contribution in [0.5, 0.6) is 11.5 Å². The Morgan fingerprint density at radius 2 is 2.08 bits per heavy atom. The van der Waals surface area contributed by atoms with Crippen molar-refractivity contribution in [3.8, 4) is 11.5 Å². The van der Waals surface area contributed by atoms with Crippen LogP contribution in [0.25, 0.3) is 0 Å².